The van der Waals surface area contributed by atoms with Gasteiger partial charge in [0.2, 0.25) is 0 Å². The SMILES string of the molecule is N#CN(C(=N)N)[N+](=O)[O-]. The zero-order valence-corrected chi connectivity index (χ0v) is 4.24. The average Bonchev–Trinajstić information content (AvgIpc) is 1.64. The van der Waals surface area contributed by atoms with E-state index in [-0.39, 0.29) is 5.01 Å². The fourth-order valence-electron chi connectivity index (χ4n) is 0.178. The minimum Gasteiger partial charge on any atom is -0.364 e. The van der Waals surface area contributed by atoms with Crippen LogP contribution >= 0.6 is 0 Å². The highest BCUT2D eigenvalue weighted by molar-refractivity contribution is 5.74. The number of hydrogen-bond acceptors (Lipinski definition) is 4. The first kappa shape index (κ1) is 7.16. The smallest absolute Gasteiger partial charge is 0.270 e. The Morgan fingerprint density at radius 2 is 2.44 bits per heavy atom. The molecular formula is C2H3N5O2. The molecule has 3 N–H and O–H groups in total. The van der Waals surface area contributed by atoms with E-state index in [0.29, 0.717) is 0 Å². The van der Waals surface area contributed by atoms with E-state index >= 15 is 0 Å². The number of guanidine groups is 1. The van der Waals surface area contributed by atoms with E-state index in [2.05, 4.69) is 5.73 Å². The lowest BCUT2D eigenvalue weighted by atomic mass is 10.9. The fourth-order valence-corrected chi connectivity index (χ4v) is 0.178. The molecule has 48 valence electrons. The Hall–Kier alpha value is -1.84. The average molecular weight is 129 g/mol. The second-order valence-corrected chi connectivity index (χ2v) is 1.03. The number of hydrogen-bond donors (Lipinski definition) is 2. The van der Waals surface area contributed by atoms with Crippen molar-refractivity contribution in [2.45, 2.75) is 0 Å². The monoisotopic (exact) mass is 129 g/mol. The summed E-state index contributed by atoms with van der Waals surface area (Å²) in [6, 6.07) is 0. The maximum atomic E-state index is 9.66. The minimum atomic E-state index is -1.08. The number of hydrazine groups is 1. The van der Waals surface area contributed by atoms with Crippen LogP contribution in [0.4, 0.5) is 0 Å². The summed E-state index contributed by atoms with van der Waals surface area (Å²) >= 11 is 0. The minimum absolute atomic E-state index is 0.153. The summed E-state index contributed by atoms with van der Waals surface area (Å²) in [5.41, 5.74) is 4.59. The summed E-state index contributed by atoms with van der Waals surface area (Å²) in [7, 11) is 0. The second-order valence-electron chi connectivity index (χ2n) is 1.03. The van der Waals surface area contributed by atoms with Gasteiger partial charge in [0.25, 0.3) is 12.2 Å². The largest absolute Gasteiger partial charge is 0.364 e. The Bertz CT molecular complexity index is 166. The molecule has 0 spiro atoms. The van der Waals surface area contributed by atoms with Crippen molar-refractivity contribution in [2.75, 3.05) is 0 Å². The molecule has 7 nitrogen and oxygen atoms in total. The fraction of sp³-hybridized carbons (Fsp3) is 0. The molecule has 0 aliphatic heterocycles. The van der Waals surface area contributed by atoms with Crippen LogP contribution in [0.15, 0.2) is 0 Å². The number of nitriles is 1. The Balaban J connectivity index is 4.22. The molecule has 9 heavy (non-hydrogen) atoms. The van der Waals surface area contributed by atoms with Crippen LogP contribution in [0, 0.1) is 27.0 Å². The van der Waals surface area contributed by atoms with Gasteiger partial charge in [-0.25, -0.2) is 10.1 Å². The third-order valence-electron chi connectivity index (χ3n) is 0.486. The molecule has 0 rings (SSSR count). The standard InChI is InChI=1S/C2H3N5O2/c3-1-6(2(4)5)7(8)9/h(H3,4,5). The zero-order valence-electron chi connectivity index (χ0n) is 4.24. The van der Waals surface area contributed by atoms with Crippen LogP contribution in [-0.2, 0) is 0 Å². The normalized spacial score (nSPS) is 7.44. The second kappa shape index (κ2) is 2.46. The molecule has 0 unspecified atom stereocenters. The molecule has 0 aromatic heterocycles. The van der Waals surface area contributed by atoms with Gasteiger partial charge in [-0.3, -0.25) is 5.41 Å². The van der Waals surface area contributed by atoms with Crippen LogP contribution in [0.3, 0.4) is 0 Å². The highest BCUT2D eigenvalue weighted by Crippen LogP contribution is 1.80. The van der Waals surface area contributed by atoms with Crippen LogP contribution in [0.25, 0.3) is 0 Å². The molecular weight excluding hydrogens is 126 g/mol. The van der Waals surface area contributed by atoms with Crippen molar-refractivity contribution in [3.8, 4) is 6.19 Å². The van der Waals surface area contributed by atoms with Crippen molar-refractivity contribution in [3.63, 3.8) is 0 Å². The van der Waals surface area contributed by atoms with Crippen molar-refractivity contribution in [1.82, 2.24) is 5.01 Å². The van der Waals surface area contributed by atoms with Gasteiger partial charge < -0.3 is 5.73 Å². The number of nitrogens with two attached hydrogens (primary N) is 1. The van der Waals surface area contributed by atoms with Crippen molar-refractivity contribution >= 4 is 5.96 Å². The number of rotatable bonds is 1. The lowest BCUT2D eigenvalue weighted by Crippen LogP contribution is -2.36. The van der Waals surface area contributed by atoms with Crippen LogP contribution in [-0.4, -0.2) is 16.0 Å². The number of nitrogens with one attached hydrogen (secondary N) is 1. The third-order valence-corrected chi connectivity index (χ3v) is 0.486. The van der Waals surface area contributed by atoms with Gasteiger partial charge in [0.15, 0.2) is 5.03 Å². The van der Waals surface area contributed by atoms with Gasteiger partial charge in [0.1, 0.15) is 0 Å². The van der Waals surface area contributed by atoms with Crippen LogP contribution in [0.1, 0.15) is 0 Å². The van der Waals surface area contributed by atoms with E-state index in [0.717, 1.165) is 6.19 Å². The first-order chi connectivity index (χ1) is 4.09. The lowest BCUT2D eigenvalue weighted by Gasteiger charge is -1.97. The Morgan fingerprint density at radius 1 is 2.00 bits per heavy atom. The van der Waals surface area contributed by atoms with Crippen molar-refractivity contribution in [2.24, 2.45) is 5.73 Å². The molecule has 0 bridgehead atoms. The third kappa shape index (κ3) is 1.60. The maximum absolute atomic E-state index is 9.66. The molecule has 0 amide bonds. The number of nitrogens with zero attached hydrogens (tertiary/aromatic N) is 3. The highest BCUT2D eigenvalue weighted by Gasteiger charge is 2.15. The Labute approximate surface area is 49.9 Å². The molecule has 0 aliphatic carbocycles. The predicted octanol–water partition coefficient (Wildman–Crippen LogP) is -1.15. The van der Waals surface area contributed by atoms with Crippen LogP contribution in [0.2, 0.25) is 0 Å². The molecule has 0 aromatic rings. The van der Waals surface area contributed by atoms with Crippen molar-refractivity contribution in [3.05, 3.63) is 10.1 Å². The molecule has 0 aliphatic rings. The number of nitro groups is 1. The summed E-state index contributed by atoms with van der Waals surface area (Å²) in [6.45, 7) is 0. The van der Waals surface area contributed by atoms with Gasteiger partial charge >= 0.3 is 0 Å². The summed E-state index contributed by atoms with van der Waals surface area (Å²) in [6.07, 6.45) is 1.09. The summed E-state index contributed by atoms with van der Waals surface area (Å²) < 4.78 is 0. The first-order valence-corrected chi connectivity index (χ1v) is 1.77. The van der Waals surface area contributed by atoms with Gasteiger partial charge in [-0.2, -0.15) is 5.26 Å². The molecule has 0 atom stereocenters. The molecule has 7 heteroatoms. The molecule has 0 heterocycles. The van der Waals surface area contributed by atoms with Gasteiger partial charge in [-0.15, -0.1) is 0 Å². The molecule has 0 saturated heterocycles. The van der Waals surface area contributed by atoms with Gasteiger partial charge in [-0.1, -0.05) is 0 Å². The lowest BCUT2D eigenvalue weighted by molar-refractivity contribution is -0.610. The molecule has 0 aromatic carbocycles. The van der Waals surface area contributed by atoms with E-state index in [1.54, 1.807) is 0 Å². The van der Waals surface area contributed by atoms with Crippen molar-refractivity contribution in [1.29, 1.82) is 10.7 Å². The van der Waals surface area contributed by atoms with Crippen LogP contribution in [0.5, 0.6) is 0 Å². The Morgan fingerprint density at radius 3 is 2.44 bits per heavy atom. The summed E-state index contributed by atoms with van der Waals surface area (Å²) in [5, 5.41) is 22.7. The highest BCUT2D eigenvalue weighted by atomic mass is 16.7. The first-order valence-electron chi connectivity index (χ1n) is 1.77. The molecule has 0 saturated carbocycles. The van der Waals surface area contributed by atoms with Crippen molar-refractivity contribution < 1.29 is 5.03 Å². The van der Waals surface area contributed by atoms with Gasteiger partial charge in [0, 0.05) is 5.01 Å². The summed E-state index contributed by atoms with van der Waals surface area (Å²) in [4.78, 5) is 9.66. The zero-order chi connectivity index (χ0) is 7.44. The maximum Gasteiger partial charge on any atom is 0.270 e. The predicted molar refractivity (Wildman–Crippen MR) is 26.4 cm³/mol. The van der Waals surface area contributed by atoms with E-state index in [1.165, 1.54) is 0 Å². The van der Waals surface area contributed by atoms with Crippen LogP contribution < -0.4 is 5.73 Å². The molecule has 0 radical (unpaired) electrons. The topological polar surface area (TPSA) is 120 Å². The quantitative estimate of drug-likeness (QED) is 0.116. The van der Waals surface area contributed by atoms with Gasteiger partial charge in [-0.05, 0) is 0 Å². The molecule has 0 fully saturated rings. The Kier molecular flexibility index (Phi) is 1.96. The van der Waals surface area contributed by atoms with Gasteiger partial charge in [0.05, 0.1) is 0 Å². The van der Waals surface area contributed by atoms with E-state index < -0.39 is 11.0 Å². The van der Waals surface area contributed by atoms with E-state index in [4.69, 9.17) is 10.7 Å². The van der Waals surface area contributed by atoms with E-state index in [1.807, 2.05) is 0 Å². The summed E-state index contributed by atoms with van der Waals surface area (Å²) in [5.74, 6) is -0.900. The van der Waals surface area contributed by atoms with E-state index in [9.17, 15) is 10.1 Å².